The molecule has 5 nitrogen and oxygen atoms in total. The van der Waals surface area contributed by atoms with Crippen LogP contribution in [0.25, 0.3) is 6.08 Å². The fraction of sp³-hybridized carbons (Fsp3) is 0.0833. The molecule has 0 saturated carbocycles. The fourth-order valence-electron chi connectivity index (χ4n) is 3.05. The van der Waals surface area contributed by atoms with Crippen molar-refractivity contribution in [3.8, 4) is 11.5 Å². The van der Waals surface area contributed by atoms with Crippen molar-refractivity contribution < 1.29 is 19.0 Å². The Kier molecular flexibility index (Phi) is 6.84. The summed E-state index contributed by atoms with van der Waals surface area (Å²) in [6.45, 7) is 0.301. The van der Waals surface area contributed by atoms with Crippen molar-refractivity contribution >= 4 is 57.1 Å². The summed E-state index contributed by atoms with van der Waals surface area (Å²) < 4.78 is 17.6. The maximum Gasteiger partial charge on any atom is 0.363 e. The van der Waals surface area contributed by atoms with Gasteiger partial charge in [-0.3, -0.25) is 0 Å². The summed E-state index contributed by atoms with van der Waals surface area (Å²) in [5.74, 6) is 0.405. The molecule has 1 aliphatic rings. The van der Waals surface area contributed by atoms with Gasteiger partial charge in [0.15, 0.2) is 17.2 Å². The number of carbonyl (C=O) groups excluding carboxylic acids is 1. The molecule has 0 aromatic heterocycles. The second kappa shape index (κ2) is 9.77. The Labute approximate surface area is 203 Å². The Morgan fingerprint density at radius 3 is 2.56 bits per heavy atom. The molecule has 8 heteroatoms. The standard InChI is InChI=1S/C24H16BrCl2NO4/c1-30-21-12-14(10-19(27)22(21)31-13-15-6-2-4-8-17(15)25)11-20-24(29)32-23(28-20)16-7-3-5-9-18(16)26/h2-12H,13H2,1H3/b20-11-. The van der Waals surface area contributed by atoms with Gasteiger partial charge in [-0.2, -0.15) is 0 Å². The molecule has 0 radical (unpaired) electrons. The molecule has 0 fully saturated rings. The Morgan fingerprint density at radius 2 is 1.81 bits per heavy atom. The third-order valence-electron chi connectivity index (χ3n) is 4.61. The molecular formula is C24H16BrCl2NO4. The largest absolute Gasteiger partial charge is 0.493 e. The predicted octanol–water partition coefficient (Wildman–Crippen LogP) is 6.69. The van der Waals surface area contributed by atoms with Crippen molar-refractivity contribution in [2.75, 3.05) is 7.11 Å². The molecule has 0 unspecified atom stereocenters. The number of halogens is 3. The number of esters is 1. The third-order valence-corrected chi connectivity index (χ3v) is 5.99. The van der Waals surface area contributed by atoms with Crippen LogP contribution in [0.3, 0.4) is 0 Å². The van der Waals surface area contributed by atoms with Crippen molar-refractivity contribution in [1.82, 2.24) is 0 Å². The summed E-state index contributed by atoms with van der Waals surface area (Å²) in [5, 5.41) is 0.779. The van der Waals surface area contributed by atoms with Crippen LogP contribution in [0, 0.1) is 0 Å². The number of hydrogen-bond acceptors (Lipinski definition) is 5. The second-order valence-electron chi connectivity index (χ2n) is 6.73. The summed E-state index contributed by atoms with van der Waals surface area (Å²) in [5.41, 5.74) is 2.24. The van der Waals surface area contributed by atoms with Gasteiger partial charge in [0.05, 0.1) is 22.7 Å². The first-order chi connectivity index (χ1) is 15.5. The molecule has 0 saturated heterocycles. The molecule has 3 aromatic carbocycles. The van der Waals surface area contributed by atoms with Crippen molar-refractivity contribution in [2.45, 2.75) is 6.61 Å². The molecule has 0 bridgehead atoms. The Morgan fingerprint density at radius 1 is 1.06 bits per heavy atom. The van der Waals surface area contributed by atoms with Crippen LogP contribution < -0.4 is 9.47 Å². The summed E-state index contributed by atoms with van der Waals surface area (Å²) in [6, 6.07) is 18.1. The number of hydrogen-bond donors (Lipinski definition) is 0. The fourth-order valence-corrected chi connectivity index (χ4v) is 3.93. The van der Waals surface area contributed by atoms with E-state index in [0.717, 1.165) is 10.0 Å². The Hall–Kier alpha value is -2.80. The van der Waals surface area contributed by atoms with Gasteiger partial charge in [0.2, 0.25) is 5.90 Å². The lowest BCUT2D eigenvalue weighted by atomic mass is 10.1. The van der Waals surface area contributed by atoms with Crippen LogP contribution in [-0.2, 0) is 16.1 Å². The van der Waals surface area contributed by atoms with E-state index in [1.54, 1.807) is 42.5 Å². The van der Waals surface area contributed by atoms with E-state index in [-0.39, 0.29) is 11.6 Å². The SMILES string of the molecule is COc1cc(/C=C2\N=C(c3ccccc3Cl)OC2=O)cc(Cl)c1OCc1ccccc1Br. The second-order valence-corrected chi connectivity index (χ2v) is 8.40. The number of carbonyl (C=O) groups is 1. The average Bonchev–Trinajstić information content (AvgIpc) is 3.14. The van der Waals surface area contributed by atoms with E-state index in [4.69, 9.17) is 37.4 Å². The van der Waals surface area contributed by atoms with Crippen LogP contribution in [-0.4, -0.2) is 19.0 Å². The average molecular weight is 533 g/mol. The van der Waals surface area contributed by atoms with Crippen LogP contribution >= 0.6 is 39.1 Å². The lowest BCUT2D eigenvalue weighted by Gasteiger charge is -2.14. The van der Waals surface area contributed by atoms with Crippen molar-refractivity contribution in [3.05, 3.63) is 97.6 Å². The van der Waals surface area contributed by atoms with Gasteiger partial charge in [-0.05, 0) is 42.0 Å². The Bertz CT molecular complexity index is 1260. The minimum atomic E-state index is -0.579. The molecule has 3 aromatic rings. The quantitative estimate of drug-likeness (QED) is 0.262. The molecule has 0 N–H and O–H groups in total. The van der Waals surface area contributed by atoms with Crippen molar-refractivity contribution in [3.63, 3.8) is 0 Å². The van der Waals surface area contributed by atoms with E-state index in [1.165, 1.54) is 7.11 Å². The van der Waals surface area contributed by atoms with E-state index in [9.17, 15) is 4.79 Å². The molecule has 32 heavy (non-hydrogen) atoms. The van der Waals surface area contributed by atoms with E-state index in [0.29, 0.717) is 39.3 Å². The summed E-state index contributed by atoms with van der Waals surface area (Å²) in [6.07, 6.45) is 1.57. The van der Waals surface area contributed by atoms with Crippen LogP contribution in [0.4, 0.5) is 0 Å². The lowest BCUT2D eigenvalue weighted by Crippen LogP contribution is -2.05. The number of nitrogens with zero attached hydrogens (tertiary/aromatic N) is 1. The van der Waals surface area contributed by atoms with Gasteiger partial charge in [-0.15, -0.1) is 0 Å². The summed E-state index contributed by atoms with van der Waals surface area (Å²) >= 11 is 16.1. The predicted molar refractivity (Wildman–Crippen MR) is 129 cm³/mol. The molecule has 4 rings (SSSR count). The molecule has 1 heterocycles. The van der Waals surface area contributed by atoms with Crippen LogP contribution in [0.2, 0.25) is 10.0 Å². The van der Waals surface area contributed by atoms with Crippen LogP contribution in [0.1, 0.15) is 16.7 Å². The smallest absolute Gasteiger partial charge is 0.363 e. The normalized spacial score (nSPS) is 14.3. The first-order valence-corrected chi connectivity index (χ1v) is 11.0. The topological polar surface area (TPSA) is 57.1 Å². The van der Waals surface area contributed by atoms with Crippen molar-refractivity contribution in [2.24, 2.45) is 4.99 Å². The molecular weight excluding hydrogens is 517 g/mol. The third kappa shape index (κ3) is 4.83. The molecule has 1 aliphatic heterocycles. The van der Waals surface area contributed by atoms with Gasteiger partial charge >= 0.3 is 5.97 Å². The number of aliphatic imine (C=N–C) groups is 1. The highest BCUT2D eigenvalue weighted by Gasteiger charge is 2.25. The number of benzene rings is 3. The van der Waals surface area contributed by atoms with Gasteiger partial charge < -0.3 is 14.2 Å². The van der Waals surface area contributed by atoms with E-state index in [2.05, 4.69) is 20.9 Å². The van der Waals surface area contributed by atoms with E-state index < -0.39 is 5.97 Å². The van der Waals surface area contributed by atoms with E-state index in [1.807, 2.05) is 24.3 Å². The molecule has 0 aliphatic carbocycles. The molecule has 0 atom stereocenters. The van der Waals surface area contributed by atoms with Gasteiger partial charge in [0.1, 0.15) is 6.61 Å². The van der Waals surface area contributed by atoms with Crippen LogP contribution in [0.15, 0.2) is 75.8 Å². The zero-order chi connectivity index (χ0) is 22.7. The highest BCUT2D eigenvalue weighted by molar-refractivity contribution is 9.10. The summed E-state index contributed by atoms with van der Waals surface area (Å²) in [4.78, 5) is 16.6. The number of ether oxygens (including phenoxy) is 3. The maximum atomic E-state index is 12.3. The lowest BCUT2D eigenvalue weighted by molar-refractivity contribution is -0.129. The number of methoxy groups -OCH3 is 1. The number of rotatable bonds is 6. The van der Waals surface area contributed by atoms with Crippen LogP contribution in [0.5, 0.6) is 11.5 Å². The minimum absolute atomic E-state index is 0.125. The highest BCUT2D eigenvalue weighted by Crippen LogP contribution is 2.38. The maximum absolute atomic E-state index is 12.3. The van der Waals surface area contributed by atoms with Gasteiger partial charge in [0.25, 0.3) is 0 Å². The van der Waals surface area contributed by atoms with E-state index >= 15 is 0 Å². The first-order valence-electron chi connectivity index (χ1n) is 9.47. The highest BCUT2D eigenvalue weighted by atomic mass is 79.9. The van der Waals surface area contributed by atoms with Gasteiger partial charge in [0, 0.05) is 10.0 Å². The molecule has 0 amide bonds. The Balaban J connectivity index is 1.61. The monoisotopic (exact) mass is 531 g/mol. The zero-order valence-electron chi connectivity index (χ0n) is 16.8. The molecule has 0 spiro atoms. The minimum Gasteiger partial charge on any atom is -0.493 e. The van der Waals surface area contributed by atoms with Gasteiger partial charge in [-0.1, -0.05) is 69.5 Å². The summed E-state index contributed by atoms with van der Waals surface area (Å²) in [7, 11) is 1.52. The molecule has 162 valence electrons. The van der Waals surface area contributed by atoms with Crippen molar-refractivity contribution in [1.29, 1.82) is 0 Å². The van der Waals surface area contributed by atoms with Gasteiger partial charge in [-0.25, -0.2) is 9.79 Å². The zero-order valence-corrected chi connectivity index (χ0v) is 19.9. The first kappa shape index (κ1) is 22.4. The number of cyclic esters (lactones) is 1.